The Hall–Kier alpha value is -4.26. The number of sulfonamides is 2. The van der Waals surface area contributed by atoms with Crippen molar-refractivity contribution in [2.45, 2.75) is 101 Å². The van der Waals surface area contributed by atoms with Gasteiger partial charge in [-0.25, -0.2) is 26.3 Å². The van der Waals surface area contributed by atoms with E-state index in [0.29, 0.717) is 12.8 Å². The van der Waals surface area contributed by atoms with Crippen LogP contribution in [-0.2, 0) is 20.0 Å². The summed E-state index contributed by atoms with van der Waals surface area (Å²) in [7, 11) is -7.55. The second kappa shape index (κ2) is 19.4. The summed E-state index contributed by atoms with van der Waals surface area (Å²) in [5.74, 6) is 11.4. The van der Waals surface area contributed by atoms with Gasteiger partial charge < -0.3 is 10.2 Å². The van der Waals surface area contributed by atoms with E-state index in [2.05, 4.69) is 33.1 Å². The first kappa shape index (κ1) is 44.1. The SMILES string of the molecule is CC[C@](O)(C#Cc1ccccc1)[C@@H](NS(=O)(=O)c1ccc(C)cc1)C(C)C.CC[C@](O)(C#Cc1ccccc1)[C@@H](NS(=O)(=O)c1ccc(C)cc1)C(C)C. The number of benzene rings is 4. The van der Waals surface area contributed by atoms with E-state index in [9.17, 15) is 27.0 Å². The Balaban J connectivity index is 0.000000290. The molecular formula is C44H54N2O6S2. The molecule has 0 radical (unpaired) electrons. The van der Waals surface area contributed by atoms with Gasteiger partial charge in [0.1, 0.15) is 11.2 Å². The van der Waals surface area contributed by atoms with Gasteiger partial charge in [-0.2, -0.15) is 0 Å². The fourth-order valence-electron chi connectivity index (χ4n) is 5.65. The molecule has 54 heavy (non-hydrogen) atoms. The van der Waals surface area contributed by atoms with Crippen LogP contribution in [0.3, 0.4) is 0 Å². The lowest BCUT2D eigenvalue weighted by molar-refractivity contribution is 0.0450. The monoisotopic (exact) mass is 770 g/mol. The van der Waals surface area contributed by atoms with E-state index in [-0.39, 0.29) is 21.6 Å². The van der Waals surface area contributed by atoms with Crippen molar-refractivity contribution in [3.8, 4) is 23.7 Å². The zero-order chi connectivity index (χ0) is 40.2. The molecule has 0 spiro atoms. The maximum atomic E-state index is 12.8. The summed E-state index contributed by atoms with van der Waals surface area (Å²) in [6, 6.07) is 30.4. The molecular weight excluding hydrogens is 717 g/mol. The second-order valence-corrected chi connectivity index (χ2v) is 17.5. The molecule has 4 N–H and O–H groups in total. The lowest BCUT2D eigenvalue weighted by atomic mass is 9.85. The number of aryl methyl sites for hydroxylation is 2. The highest BCUT2D eigenvalue weighted by Gasteiger charge is 2.40. The molecule has 288 valence electrons. The average molecular weight is 771 g/mol. The van der Waals surface area contributed by atoms with Gasteiger partial charge in [0.05, 0.1) is 21.9 Å². The maximum absolute atomic E-state index is 12.8. The minimum Gasteiger partial charge on any atom is -0.376 e. The predicted molar refractivity (Wildman–Crippen MR) is 217 cm³/mol. The van der Waals surface area contributed by atoms with Crippen molar-refractivity contribution in [2.75, 3.05) is 0 Å². The molecule has 0 amide bonds. The van der Waals surface area contributed by atoms with Gasteiger partial charge >= 0.3 is 0 Å². The van der Waals surface area contributed by atoms with Crippen LogP contribution in [-0.4, -0.2) is 50.3 Å². The largest absolute Gasteiger partial charge is 0.376 e. The van der Waals surface area contributed by atoms with E-state index in [1.54, 1.807) is 62.4 Å². The van der Waals surface area contributed by atoms with Crippen LogP contribution in [0.2, 0.25) is 0 Å². The molecule has 0 aliphatic rings. The molecule has 4 rings (SSSR count). The third-order valence-electron chi connectivity index (χ3n) is 9.06. The summed E-state index contributed by atoms with van der Waals surface area (Å²) >= 11 is 0. The summed E-state index contributed by atoms with van der Waals surface area (Å²) in [5, 5.41) is 22.3. The lowest BCUT2D eigenvalue weighted by Gasteiger charge is -2.34. The van der Waals surface area contributed by atoms with Gasteiger partial charge in [-0.3, -0.25) is 0 Å². The van der Waals surface area contributed by atoms with E-state index in [1.807, 2.05) is 102 Å². The Morgan fingerprint density at radius 2 is 0.833 bits per heavy atom. The predicted octanol–water partition coefficient (Wildman–Crippen LogP) is 6.98. The standard InChI is InChI=1S/2C22H27NO3S/c2*1-5-22(24,16-15-19-9-7-6-8-10-19)21(17(2)3)23-27(25,26)20-13-11-18(4)12-14-20/h2*6-14,17,21,23-24H,5H2,1-4H3/t2*21-,22-/m00/s1. The van der Waals surface area contributed by atoms with Crippen molar-refractivity contribution in [1.82, 2.24) is 9.44 Å². The van der Waals surface area contributed by atoms with Crippen LogP contribution in [0, 0.1) is 49.4 Å². The smallest absolute Gasteiger partial charge is 0.240 e. The number of rotatable bonds is 12. The number of hydrogen-bond donors (Lipinski definition) is 4. The molecule has 10 heteroatoms. The Kier molecular flexibility index (Phi) is 15.8. The van der Waals surface area contributed by atoms with Crippen LogP contribution < -0.4 is 9.44 Å². The minimum atomic E-state index is -3.78. The Bertz CT molecular complexity index is 1980. The van der Waals surface area contributed by atoms with Gasteiger partial charge in [0, 0.05) is 11.1 Å². The van der Waals surface area contributed by atoms with Gasteiger partial charge in [-0.05, 0) is 87.1 Å². The van der Waals surface area contributed by atoms with Crippen molar-refractivity contribution in [3.63, 3.8) is 0 Å². The van der Waals surface area contributed by atoms with Crippen molar-refractivity contribution in [2.24, 2.45) is 11.8 Å². The van der Waals surface area contributed by atoms with Crippen molar-refractivity contribution in [1.29, 1.82) is 0 Å². The van der Waals surface area contributed by atoms with Crippen LogP contribution >= 0.6 is 0 Å². The number of hydrogen-bond acceptors (Lipinski definition) is 6. The van der Waals surface area contributed by atoms with E-state index >= 15 is 0 Å². The fraction of sp³-hybridized carbons (Fsp3) is 0.364. The molecule has 0 unspecified atom stereocenters. The van der Waals surface area contributed by atoms with Gasteiger partial charge in [0.2, 0.25) is 20.0 Å². The third-order valence-corrected chi connectivity index (χ3v) is 12.0. The highest BCUT2D eigenvalue weighted by molar-refractivity contribution is 7.89. The number of nitrogens with one attached hydrogen (secondary N) is 2. The highest BCUT2D eigenvalue weighted by Crippen LogP contribution is 2.25. The van der Waals surface area contributed by atoms with Gasteiger partial charge in [0.15, 0.2) is 0 Å². The maximum Gasteiger partial charge on any atom is 0.240 e. The average Bonchev–Trinajstić information content (AvgIpc) is 3.15. The summed E-state index contributed by atoms with van der Waals surface area (Å²) in [5.41, 5.74) is 0.534. The van der Waals surface area contributed by atoms with Crippen LogP contribution in [0.5, 0.6) is 0 Å². The summed E-state index contributed by atoms with van der Waals surface area (Å²) < 4.78 is 56.7. The molecule has 4 atom stereocenters. The van der Waals surface area contributed by atoms with Crippen LogP contribution in [0.25, 0.3) is 0 Å². The van der Waals surface area contributed by atoms with Crippen molar-refractivity contribution < 1.29 is 27.0 Å². The molecule has 0 saturated heterocycles. The summed E-state index contributed by atoms with van der Waals surface area (Å²) in [6.07, 6.45) is 0.595. The molecule has 0 bridgehead atoms. The first-order chi connectivity index (χ1) is 25.4. The zero-order valence-corrected chi connectivity index (χ0v) is 34.1. The highest BCUT2D eigenvalue weighted by atomic mass is 32.2. The summed E-state index contributed by atoms with van der Waals surface area (Å²) in [6.45, 7) is 14.9. The van der Waals surface area contributed by atoms with E-state index in [0.717, 1.165) is 22.3 Å². The first-order valence-electron chi connectivity index (χ1n) is 18.1. The van der Waals surface area contributed by atoms with E-state index < -0.39 is 43.3 Å². The molecule has 4 aromatic rings. The topological polar surface area (TPSA) is 133 Å². The second-order valence-electron chi connectivity index (χ2n) is 14.1. The zero-order valence-electron chi connectivity index (χ0n) is 32.5. The molecule has 4 aromatic carbocycles. The molecule has 0 aliphatic heterocycles. The van der Waals surface area contributed by atoms with Gasteiger partial charge in [-0.1, -0.05) is 137 Å². The molecule has 0 aromatic heterocycles. The van der Waals surface area contributed by atoms with E-state index in [1.165, 1.54) is 0 Å². The van der Waals surface area contributed by atoms with Crippen molar-refractivity contribution >= 4 is 20.0 Å². The van der Waals surface area contributed by atoms with Crippen LogP contribution in [0.1, 0.15) is 76.6 Å². The van der Waals surface area contributed by atoms with Crippen molar-refractivity contribution in [3.05, 3.63) is 131 Å². The number of aliphatic hydroxyl groups is 2. The van der Waals surface area contributed by atoms with Gasteiger partial charge in [0.25, 0.3) is 0 Å². The fourth-order valence-corrected chi connectivity index (χ4v) is 8.51. The quantitative estimate of drug-likeness (QED) is 0.115. The minimum absolute atomic E-state index is 0.153. The molecule has 8 nitrogen and oxygen atoms in total. The van der Waals surface area contributed by atoms with E-state index in [4.69, 9.17) is 0 Å². The third kappa shape index (κ3) is 12.4. The molecule has 0 fully saturated rings. The lowest BCUT2D eigenvalue weighted by Crippen LogP contribution is -2.54. The van der Waals surface area contributed by atoms with Gasteiger partial charge in [-0.15, -0.1) is 0 Å². The Morgan fingerprint density at radius 3 is 1.09 bits per heavy atom. The summed E-state index contributed by atoms with van der Waals surface area (Å²) in [4.78, 5) is 0.349. The Morgan fingerprint density at radius 1 is 0.537 bits per heavy atom. The Labute approximate surface area is 323 Å². The normalized spacial score (nSPS) is 14.9. The molecule has 0 aliphatic carbocycles. The molecule has 0 heterocycles. The van der Waals surface area contributed by atoms with Crippen LogP contribution in [0.4, 0.5) is 0 Å². The first-order valence-corrected chi connectivity index (χ1v) is 21.1. The molecule has 0 saturated carbocycles. The van der Waals surface area contributed by atoms with Crippen LogP contribution in [0.15, 0.2) is 119 Å².